The molecule has 2 amide bonds. The van der Waals surface area contributed by atoms with Crippen LogP contribution in [0.15, 0.2) is 57.5 Å². The van der Waals surface area contributed by atoms with E-state index in [1.54, 1.807) is 31.3 Å². The number of nitrogens with zero attached hydrogens (tertiary/aromatic N) is 3. The number of carbonyl (C=O) groups is 1. The summed E-state index contributed by atoms with van der Waals surface area (Å²) in [6.45, 7) is 0.188. The fourth-order valence-corrected chi connectivity index (χ4v) is 2.71. The van der Waals surface area contributed by atoms with Gasteiger partial charge in [-0.25, -0.2) is 4.79 Å². The van der Waals surface area contributed by atoms with Gasteiger partial charge in [0.05, 0.1) is 0 Å². The number of urea groups is 1. The van der Waals surface area contributed by atoms with E-state index in [0.29, 0.717) is 22.4 Å². The Labute approximate surface area is 157 Å². The first kappa shape index (κ1) is 17.4. The lowest BCUT2D eigenvalue weighted by molar-refractivity contribution is 0.213. The van der Waals surface area contributed by atoms with E-state index >= 15 is 0 Å². The van der Waals surface area contributed by atoms with Gasteiger partial charge in [0, 0.05) is 27.8 Å². The molecule has 0 aliphatic rings. The van der Waals surface area contributed by atoms with Crippen LogP contribution in [-0.4, -0.2) is 28.1 Å². The number of halogens is 2. The summed E-state index contributed by atoms with van der Waals surface area (Å²) in [7, 11) is 1.64. The largest absolute Gasteiger partial charge is 0.337 e. The van der Waals surface area contributed by atoms with Crippen molar-refractivity contribution in [3.05, 3.63) is 63.9 Å². The standard InChI is InChI=1S/C17H14BrClN4O2/c1-23(17(24)20-14-7-3-6-13(19)9-14)10-15-21-16(22-25-15)11-4-2-5-12(18)8-11/h2-9H,10H2,1H3,(H,20,24). The van der Waals surface area contributed by atoms with Crippen molar-refractivity contribution >= 4 is 39.2 Å². The first-order chi connectivity index (χ1) is 12.0. The maximum Gasteiger partial charge on any atom is 0.322 e. The molecule has 25 heavy (non-hydrogen) atoms. The lowest BCUT2D eigenvalue weighted by Gasteiger charge is -2.15. The van der Waals surface area contributed by atoms with Gasteiger partial charge in [-0.05, 0) is 30.3 Å². The summed E-state index contributed by atoms with van der Waals surface area (Å²) in [6, 6.07) is 14.2. The molecular weight excluding hydrogens is 408 g/mol. The minimum absolute atomic E-state index is 0.188. The van der Waals surface area contributed by atoms with Crippen molar-refractivity contribution < 1.29 is 9.32 Å². The van der Waals surface area contributed by atoms with Crippen LogP contribution in [0.3, 0.4) is 0 Å². The van der Waals surface area contributed by atoms with Crippen LogP contribution in [0.4, 0.5) is 10.5 Å². The molecule has 1 N–H and O–H groups in total. The number of hydrogen-bond acceptors (Lipinski definition) is 4. The Balaban J connectivity index is 1.65. The zero-order chi connectivity index (χ0) is 17.8. The van der Waals surface area contributed by atoms with E-state index in [1.165, 1.54) is 4.90 Å². The van der Waals surface area contributed by atoms with E-state index in [9.17, 15) is 4.79 Å². The van der Waals surface area contributed by atoms with Crippen molar-refractivity contribution in [2.45, 2.75) is 6.54 Å². The number of aromatic nitrogens is 2. The third-order valence-electron chi connectivity index (χ3n) is 3.35. The molecule has 128 valence electrons. The van der Waals surface area contributed by atoms with Crippen molar-refractivity contribution in [1.29, 1.82) is 0 Å². The molecule has 0 saturated heterocycles. The van der Waals surface area contributed by atoms with E-state index < -0.39 is 0 Å². The molecule has 2 aromatic carbocycles. The Hall–Kier alpha value is -2.38. The number of rotatable bonds is 4. The highest BCUT2D eigenvalue weighted by atomic mass is 79.9. The summed E-state index contributed by atoms with van der Waals surface area (Å²) in [4.78, 5) is 18.0. The normalized spacial score (nSPS) is 10.5. The maximum absolute atomic E-state index is 12.2. The van der Waals surface area contributed by atoms with Gasteiger partial charge in [0.2, 0.25) is 11.7 Å². The average Bonchev–Trinajstić information content (AvgIpc) is 3.03. The highest BCUT2D eigenvalue weighted by Crippen LogP contribution is 2.21. The molecule has 6 nitrogen and oxygen atoms in total. The molecule has 8 heteroatoms. The number of carbonyl (C=O) groups excluding carboxylic acids is 1. The van der Waals surface area contributed by atoms with E-state index in [1.807, 2.05) is 24.3 Å². The first-order valence-electron chi connectivity index (χ1n) is 7.37. The van der Waals surface area contributed by atoms with Crippen LogP contribution in [0.1, 0.15) is 5.89 Å². The summed E-state index contributed by atoms with van der Waals surface area (Å²) < 4.78 is 6.16. The Morgan fingerprint density at radius 1 is 1.28 bits per heavy atom. The van der Waals surface area contributed by atoms with Crippen molar-refractivity contribution in [2.24, 2.45) is 0 Å². The third kappa shape index (κ3) is 4.58. The molecule has 1 aromatic heterocycles. The third-order valence-corrected chi connectivity index (χ3v) is 4.07. The van der Waals surface area contributed by atoms with Gasteiger partial charge in [-0.3, -0.25) is 0 Å². The number of anilines is 1. The predicted molar refractivity (Wildman–Crippen MR) is 99.4 cm³/mol. The van der Waals surface area contributed by atoms with Crippen molar-refractivity contribution in [3.8, 4) is 11.4 Å². The lowest BCUT2D eigenvalue weighted by Crippen LogP contribution is -2.30. The van der Waals surface area contributed by atoms with Gasteiger partial charge < -0.3 is 14.7 Å². The quantitative estimate of drug-likeness (QED) is 0.656. The van der Waals surface area contributed by atoms with Crippen LogP contribution in [0.25, 0.3) is 11.4 Å². The van der Waals surface area contributed by atoms with Crippen LogP contribution < -0.4 is 5.32 Å². The topological polar surface area (TPSA) is 71.3 Å². The summed E-state index contributed by atoms with van der Waals surface area (Å²) >= 11 is 9.31. The highest BCUT2D eigenvalue weighted by molar-refractivity contribution is 9.10. The smallest absolute Gasteiger partial charge is 0.322 e. The Bertz CT molecular complexity index is 900. The van der Waals surface area contributed by atoms with Gasteiger partial charge in [-0.15, -0.1) is 0 Å². The Kier molecular flexibility index (Phi) is 5.35. The molecule has 0 unspecified atom stereocenters. The zero-order valence-corrected chi connectivity index (χ0v) is 15.6. The molecule has 0 aliphatic heterocycles. The van der Waals surface area contributed by atoms with Gasteiger partial charge in [-0.1, -0.05) is 50.9 Å². The zero-order valence-electron chi connectivity index (χ0n) is 13.2. The second-order valence-electron chi connectivity index (χ2n) is 5.32. The molecule has 0 spiro atoms. The van der Waals surface area contributed by atoms with Crippen molar-refractivity contribution in [2.75, 3.05) is 12.4 Å². The summed E-state index contributed by atoms with van der Waals surface area (Å²) in [5.41, 5.74) is 1.44. The molecule has 3 rings (SSSR count). The molecule has 3 aromatic rings. The van der Waals surface area contributed by atoms with Crippen LogP contribution in [0.5, 0.6) is 0 Å². The van der Waals surface area contributed by atoms with E-state index in [2.05, 4.69) is 31.4 Å². The Morgan fingerprint density at radius 2 is 2.08 bits per heavy atom. The molecule has 0 fully saturated rings. The minimum Gasteiger partial charge on any atom is -0.337 e. The summed E-state index contributed by atoms with van der Waals surface area (Å²) in [5.74, 6) is 0.818. The van der Waals surface area contributed by atoms with Crippen LogP contribution in [0.2, 0.25) is 5.02 Å². The molecular formula is C17H14BrClN4O2. The van der Waals surface area contributed by atoms with Crippen molar-refractivity contribution in [1.82, 2.24) is 15.0 Å². The first-order valence-corrected chi connectivity index (χ1v) is 8.54. The Morgan fingerprint density at radius 3 is 2.84 bits per heavy atom. The number of nitrogens with one attached hydrogen (secondary N) is 1. The number of benzene rings is 2. The van der Waals surface area contributed by atoms with Gasteiger partial charge in [0.1, 0.15) is 6.54 Å². The number of hydrogen-bond donors (Lipinski definition) is 1. The SMILES string of the molecule is CN(Cc1nc(-c2cccc(Br)c2)no1)C(=O)Nc1cccc(Cl)c1. The second-order valence-corrected chi connectivity index (χ2v) is 6.67. The van der Waals surface area contributed by atoms with Crippen molar-refractivity contribution in [3.63, 3.8) is 0 Å². The van der Waals surface area contributed by atoms with Gasteiger partial charge in [0.25, 0.3) is 0 Å². The predicted octanol–water partition coefficient (Wildman–Crippen LogP) is 4.82. The summed E-state index contributed by atoms with van der Waals surface area (Å²) in [5, 5.41) is 7.26. The maximum atomic E-state index is 12.2. The fraction of sp³-hybridized carbons (Fsp3) is 0.118. The average molecular weight is 422 g/mol. The van der Waals surface area contributed by atoms with Gasteiger partial charge in [0.15, 0.2) is 0 Å². The monoisotopic (exact) mass is 420 g/mol. The van der Waals surface area contributed by atoms with Gasteiger partial charge in [-0.2, -0.15) is 4.98 Å². The fourth-order valence-electron chi connectivity index (χ4n) is 2.12. The van der Waals surface area contributed by atoms with Crippen LogP contribution >= 0.6 is 27.5 Å². The molecule has 0 radical (unpaired) electrons. The van der Waals surface area contributed by atoms with Gasteiger partial charge >= 0.3 is 6.03 Å². The molecule has 0 aliphatic carbocycles. The van der Waals surface area contributed by atoms with E-state index in [-0.39, 0.29) is 12.6 Å². The molecule has 0 saturated carbocycles. The number of amides is 2. The highest BCUT2D eigenvalue weighted by Gasteiger charge is 2.15. The molecule has 1 heterocycles. The van der Waals surface area contributed by atoms with E-state index in [0.717, 1.165) is 10.0 Å². The molecule has 0 atom stereocenters. The summed E-state index contributed by atoms with van der Waals surface area (Å²) in [6.07, 6.45) is 0. The second kappa shape index (κ2) is 7.67. The van der Waals surface area contributed by atoms with Crippen LogP contribution in [-0.2, 0) is 6.54 Å². The van der Waals surface area contributed by atoms with E-state index in [4.69, 9.17) is 16.1 Å². The molecule has 0 bridgehead atoms. The lowest BCUT2D eigenvalue weighted by atomic mass is 10.2. The van der Waals surface area contributed by atoms with Crippen LogP contribution in [0, 0.1) is 0 Å². The minimum atomic E-state index is -0.301.